The summed E-state index contributed by atoms with van der Waals surface area (Å²) in [4.78, 5) is 31.8. The topological polar surface area (TPSA) is 88.0 Å². The minimum atomic E-state index is -0.279. The van der Waals surface area contributed by atoms with Crippen molar-refractivity contribution in [2.24, 2.45) is 0 Å². The number of carbonyl (C=O) groups is 1. The summed E-state index contributed by atoms with van der Waals surface area (Å²) in [6, 6.07) is 13.6. The smallest absolute Gasteiger partial charge is 0.255 e. The molecular formula is C20H21N3O3S. The molecule has 0 saturated carbocycles. The van der Waals surface area contributed by atoms with Crippen LogP contribution in [0.15, 0.2) is 63.1 Å². The van der Waals surface area contributed by atoms with E-state index in [1.165, 1.54) is 11.8 Å². The molecule has 6 nitrogen and oxygen atoms in total. The molecule has 2 N–H and O–H groups in total. The van der Waals surface area contributed by atoms with Crippen LogP contribution in [0.5, 0.6) is 0 Å². The molecule has 7 heteroatoms. The monoisotopic (exact) mass is 383 g/mol. The van der Waals surface area contributed by atoms with Crippen molar-refractivity contribution in [3.05, 3.63) is 81.7 Å². The first kappa shape index (κ1) is 19.0. The Bertz CT molecular complexity index is 952. The summed E-state index contributed by atoms with van der Waals surface area (Å²) in [6.45, 7) is 4.10. The standard InChI is InChI=1S/C20H21N3O3S/c1-13-17(11-18(24)21-12-16-9-6-10-26-16)19(25)23-20(22-13)27-14(2)15-7-4-3-5-8-15/h3-10,14H,11-12H2,1-2H3,(H,21,24)(H,22,23,25)/t14-/m1/s1. The van der Waals surface area contributed by atoms with Crippen LogP contribution in [-0.2, 0) is 17.8 Å². The zero-order chi connectivity index (χ0) is 19.2. The van der Waals surface area contributed by atoms with E-state index in [-0.39, 0.29) is 23.1 Å². The van der Waals surface area contributed by atoms with Crippen molar-refractivity contribution < 1.29 is 9.21 Å². The van der Waals surface area contributed by atoms with E-state index in [1.54, 1.807) is 25.3 Å². The largest absolute Gasteiger partial charge is 0.467 e. The molecule has 0 radical (unpaired) electrons. The minimum Gasteiger partial charge on any atom is -0.467 e. The van der Waals surface area contributed by atoms with E-state index < -0.39 is 0 Å². The van der Waals surface area contributed by atoms with Crippen molar-refractivity contribution in [2.45, 2.75) is 37.2 Å². The lowest BCUT2D eigenvalue weighted by Gasteiger charge is -2.12. The first-order valence-corrected chi connectivity index (χ1v) is 9.51. The molecule has 0 aliphatic carbocycles. The lowest BCUT2D eigenvalue weighted by molar-refractivity contribution is -0.120. The van der Waals surface area contributed by atoms with Gasteiger partial charge in [0.05, 0.1) is 19.2 Å². The number of thioether (sulfide) groups is 1. The second kappa shape index (κ2) is 8.73. The SMILES string of the molecule is Cc1nc(S[C@H](C)c2ccccc2)[nH]c(=O)c1CC(=O)NCc1ccco1. The van der Waals surface area contributed by atoms with Gasteiger partial charge >= 0.3 is 0 Å². The summed E-state index contributed by atoms with van der Waals surface area (Å²) < 4.78 is 5.17. The zero-order valence-electron chi connectivity index (χ0n) is 15.2. The number of aryl methyl sites for hydroxylation is 1. The lowest BCUT2D eigenvalue weighted by Crippen LogP contribution is -2.28. The predicted molar refractivity (Wildman–Crippen MR) is 105 cm³/mol. The number of furan rings is 1. The lowest BCUT2D eigenvalue weighted by atomic mass is 10.1. The van der Waals surface area contributed by atoms with Crippen LogP contribution in [0.2, 0.25) is 0 Å². The van der Waals surface area contributed by atoms with Crippen molar-refractivity contribution in [2.75, 3.05) is 0 Å². The molecule has 0 saturated heterocycles. The van der Waals surface area contributed by atoms with Gasteiger partial charge in [0.1, 0.15) is 5.76 Å². The number of rotatable bonds is 7. The molecule has 0 aliphatic rings. The molecule has 3 rings (SSSR count). The number of H-pyrrole nitrogens is 1. The van der Waals surface area contributed by atoms with E-state index in [4.69, 9.17) is 4.42 Å². The number of hydrogen-bond acceptors (Lipinski definition) is 5. The van der Waals surface area contributed by atoms with E-state index in [2.05, 4.69) is 22.2 Å². The van der Waals surface area contributed by atoms with Crippen LogP contribution in [-0.4, -0.2) is 15.9 Å². The van der Waals surface area contributed by atoms with Gasteiger partial charge in [0, 0.05) is 16.5 Å². The van der Waals surface area contributed by atoms with Crippen molar-refractivity contribution >= 4 is 17.7 Å². The molecule has 2 aromatic heterocycles. The van der Waals surface area contributed by atoms with Crippen LogP contribution in [0.4, 0.5) is 0 Å². The average Bonchev–Trinajstić information content (AvgIpc) is 3.17. The molecule has 27 heavy (non-hydrogen) atoms. The molecule has 3 aromatic rings. The van der Waals surface area contributed by atoms with Crippen LogP contribution in [0.3, 0.4) is 0 Å². The molecule has 0 spiro atoms. The van der Waals surface area contributed by atoms with Crippen LogP contribution in [0.25, 0.3) is 0 Å². The van der Waals surface area contributed by atoms with Gasteiger partial charge in [0.25, 0.3) is 5.56 Å². The van der Waals surface area contributed by atoms with Crippen LogP contribution < -0.4 is 10.9 Å². The molecule has 1 atom stereocenters. The van der Waals surface area contributed by atoms with Gasteiger partial charge in [0.15, 0.2) is 5.16 Å². The van der Waals surface area contributed by atoms with Gasteiger partial charge in [-0.05, 0) is 31.5 Å². The highest BCUT2D eigenvalue weighted by molar-refractivity contribution is 7.99. The van der Waals surface area contributed by atoms with E-state index in [0.717, 1.165) is 5.56 Å². The number of aromatic amines is 1. The maximum absolute atomic E-state index is 12.4. The summed E-state index contributed by atoms with van der Waals surface area (Å²) in [6.07, 6.45) is 1.53. The Morgan fingerprint density at radius 2 is 2.04 bits per heavy atom. The van der Waals surface area contributed by atoms with Gasteiger partial charge in [0.2, 0.25) is 5.91 Å². The van der Waals surface area contributed by atoms with E-state index >= 15 is 0 Å². The first-order valence-electron chi connectivity index (χ1n) is 8.63. The third-order valence-corrected chi connectivity index (χ3v) is 5.18. The number of nitrogens with one attached hydrogen (secondary N) is 2. The molecule has 0 aliphatic heterocycles. The Labute approximate surface area is 161 Å². The van der Waals surface area contributed by atoms with Gasteiger partial charge in [-0.25, -0.2) is 4.98 Å². The number of benzene rings is 1. The normalized spacial score (nSPS) is 11.9. The number of amides is 1. The first-order chi connectivity index (χ1) is 13.0. The molecule has 1 amide bonds. The van der Waals surface area contributed by atoms with Crippen molar-refractivity contribution in [3.63, 3.8) is 0 Å². The second-order valence-corrected chi connectivity index (χ2v) is 7.47. The second-order valence-electron chi connectivity index (χ2n) is 6.14. The van der Waals surface area contributed by atoms with Gasteiger partial charge in [-0.15, -0.1) is 0 Å². The Hall–Kier alpha value is -2.80. The van der Waals surface area contributed by atoms with Crippen LogP contribution >= 0.6 is 11.8 Å². The number of carbonyl (C=O) groups excluding carboxylic acids is 1. The third-order valence-electron chi connectivity index (χ3n) is 4.14. The number of nitrogens with zero attached hydrogens (tertiary/aromatic N) is 1. The molecule has 0 bridgehead atoms. The highest BCUT2D eigenvalue weighted by atomic mass is 32.2. The Balaban J connectivity index is 1.65. The summed E-state index contributed by atoms with van der Waals surface area (Å²) >= 11 is 1.48. The summed E-state index contributed by atoms with van der Waals surface area (Å²) in [7, 11) is 0. The molecule has 140 valence electrons. The Morgan fingerprint density at radius 1 is 1.26 bits per heavy atom. The molecule has 0 fully saturated rings. The Morgan fingerprint density at radius 3 is 2.70 bits per heavy atom. The van der Waals surface area contributed by atoms with Crippen LogP contribution in [0, 0.1) is 6.92 Å². The zero-order valence-corrected chi connectivity index (χ0v) is 16.0. The fourth-order valence-electron chi connectivity index (χ4n) is 2.63. The fourth-order valence-corrected chi connectivity index (χ4v) is 3.60. The maximum atomic E-state index is 12.4. The van der Waals surface area contributed by atoms with E-state index in [9.17, 15) is 9.59 Å². The van der Waals surface area contributed by atoms with Gasteiger partial charge in [-0.3, -0.25) is 9.59 Å². The molecule has 0 unspecified atom stereocenters. The summed E-state index contributed by atoms with van der Waals surface area (Å²) in [5.74, 6) is 0.411. The molecular weight excluding hydrogens is 362 g/mol. The van der Waals surface area contributed by atoms with Gasteiger partial charge < -0.3 is 14.7 Å². The summed E-state index contributed by atoms with van der Waals surface area (Å²) in [5, 5.41) is 3.44. The van der Waals surface area contributed by atoms with Crippen molar-refractivity contribution in [1.82, 2.24) is 15.3 Å². The van der Waals surface area contributed by atoms with Crippen LogP contribution in [0.1, 0.15) is 34.8 Å². The Kier molecular flexibility index (Phi) is 6.13. The average molecular weight is 383 g/mol. The minimum absolute atomic E-state index is 0.0198. The third kappa shape index (κ3) is 5.10. The highest BCUT2D eigenvalue weighted by Gasteiger charge is 2.15. The molecule has 2 heterocycles. The van der Waals surface area contributed by atoms with Gasteiger partial charge in [-0.1, -0.05) is 42.1 Å². The molecule has 1 aromatic carbocycles. The number of aromatic nitrogens is 2. The maximum Gasteiger partial charge on any atom is 0.255 e. The van der Waals surface area contributed by atoms with E-state index in [0.29, 0.717) is 28.7 Å². The van der Waals surface area contributed by atoms with Crippen molar-refractivity contribution in [3.8, 4) is 0 Å². The highest BCUT2D eigenvalue weighted by Crippen LogP contribution is 2.32. The predicted octanol–water partition coefficient (Wildman–Crippen LogP) is 3.38. The van der Waals surface area contributed by atoms with Crippen molar-refractivity contribution in [1.29, 1.82) is 0 Å². The number of hydrogen-bond donors (Lipinski definition) is 2. The fraction of sp³-hybridized carbons (Fsp3) is 0.250. The quantitative estimate of drug-likeness (QED) is 0.482. The van der Waals surface area contributed by atoms with E-state index in [1.807, 2.05) is 30.3 Å². The summed E-state index contributed by atoms with van der Waals surface area (Å²) in [5.41, 5.74) is 1.82. The van der Waals surface area contributed by atoms with Gasteiger partial charge in [-0.2, -0.15) is 0 Å².